The standard InChI is InChI=1S/C7H6N5O2/c8-7-10-5-4(6(14)11-7)9-3-12(5)1-2-13/h3H,1H2,(H3,8,10,11,14). The number of nitrogens with one attached hydrogen (secondary N) is 1. The van der Waals surface area contributed by atoms with Crippen LogP contribution in [0.2, 0.25) is 0 Å². The molecule has 0 saturated carbocycles. The Morgan fingerprint density at radius 3 is 3.14 bits per heavy atom. The second-order valence-electron chi connectivity index (χ2n) is 2.64. The summed E-state index contributed by atoms with van der Waals surface area (Å²) in [4.78, 5) is 31.4. The molecule has 0 atom stereocenters. The molecule has 0 aliphatic heterocycles. The quantitative estimate of drug-likeness (QED) is 0.622. The lowest BCUT2D eigenvalue weighted by atomic mass is 10.5. The number of hydrogen-bond acceptors (Lipinski definition) is 5. The molecule has 2 heterocycles. The second-order valence-corrected chi connectivity index (χ2v) is 2.64. The number of imidazole rings is 1. The van der Waals surface area contributed by atoms with E-state index in [9.17, 15) is 9.59 Å². The molecule has 0 aliphatic rings. The third-order valence-electron chi connectivity index (χ3n) is 1.73. The first-order valence-electron chi connectivity index (χ1n) is 3.78. The molecule has 14 heavy (non-hydrogen) atoms. The molecule has 0 bridgehead atoms. The summed E-state index contributed by atoms with van der Waals surface area (Å²) >= 11 is 0. The molecule has 0 aromatic carbocycles. The molecule has 71 valence electrons. The van der Waals surface area contributed by atoms with E-state index in [2.05, 4.69) is 15.0 Å². The van der Waals surface area contributed by atoms with Crippen LogP contribution in [0.5, 0.6) is 0 Å². The molecule has 0 aliphatic carbocycles. The summed E-state index contributed by atoms with van der Waals surface area (Å²) in [6.45, 7) is -0.0214. The van der Waals surface area contributed by atoms with Crippen molar-refractivity contribution in [1.82, 2.24) is 19.5 Å². The highest BCUT2D eigenvalue weighted by Crippen LogP contribution is 2.04. The number of nitrogen functional groups attached to an aromatic ring is 1. The van der Waals surface area contributed by atoms with Crippen LogP contribution >= 0.6 is 0 Å². The first-order chi connectivity index (χ1) is 6.72. The van der Waals surface area contributed by atoms with Gasteiger partial charge in [-0.1, -0.05) is 0 Å². The van der Waals surface area contributed by atoms with Gasteiger partial charge in [0.25, 0.3) is 5.56 Å². The number of aromatic nitrogens is 4. The van der Waals surface area contributed by atoms with Crippen molar-refractivity contribution < 1.29 is 4.79 Å². The predicted molar refractivity (Wildman–Crippen MR) is 48.3 cm³/mol. The van der Waals surface area contributed by atoms with E-state index in [0.29, 0.717) is 0 Å². The third kappa shape index (κ3) is 1.15. The Kier molecular flexibility index (Phi) is 1.77. The Morgan fingerprint density at radius 2 is 2.43 bits per heavy atom. The van der Waals surface area contributed by atoms with Gasteiger partial charge in [-0.15, -0.1) is 0 Å². The van der Waals surface area contributed by atoms with E-state index in [1.165, 1.54) is 10.9 Å². The zero-order chi connectivity index (χ0) is 10.1. The maximum atomic E-state index is 11.3. The predicted octanol–water partition coefficient (Wildman–Crippen LogP) is -1.19. The molecule has 2 aromatic heterocycles. The van der Waals surface area contributed by atoms with Crippen LogP contribution in [0.15, 0.2) is 11.1 Å². The smallest absolute Gasteiger partial charge is 0.280 e. The average Bonchev–Trinajstić information content (AvgIpc) is 2.49. The minimum Gasteiger partial charge on any atom is -0.369 e. The summed E-state index contributed by atoms with van der Waals surface area (Å²) in [5, 5.41) is 0. The summed E-state index contributed by atoms with van der Waals surface area (Å²) in [5.74, 6) is -0.00449. The van der Waals surface area contributed by atoms with Gasteiger partial charge in [-0.05, 0) is 0 Å². The lowest BCUT2D eigenvalue weighted by Gasteiger charge is -1.96. The molecular weight excluding hydrogens is 186 g/mol. The third-order valence-corrected chi connectivity index (χ3v) is 1.73. The van der Waals surface area contributed by atoms with Crippen LogP contribution in [-0.4, -0.2) is 25.8 Å². The van der Waals surface area contributed by atoms with Crippen molar-refractivity contribution in [1.29, 1.82) is 0 Å². The van der Waals surface area contributed by atoms with Crippen LogP contribution in [0.3, 0.4) is 0 Å². The average molecular weight is 192 g/mol. The van der Waals surface area contributed by atoms with Crippen molar-refractivity contribution in [2.24, 2.45) is 0 Å². The van der Waals surface area contributed by atoms with Gasteiger partial charge in [0, 0.05) is 0 Å². The molecule has 0 fully saturated rings. The topological polar surface area (TPSA) is 107 Å². The highest BCUT2D eigenvalue weighted by molar-refractivity contribution is 5.71. The number of aromatic amines is 1. The van der Waals surface area contributed by atoms with Crippen molar-refractivity contribution in [3.8, 4) is 0 Å². The number of anilines is 1. The Labute approximate surface area is 77.6 Å². The van der Waals surface area contributed by atoms with Gasteiger partial charge in [0.1, 0.15) is 0 Å². The molecule has 7 nitrogen and oxygen atoms in total. The maximum Gasteiger partial charge on any atom is 0.280 e. The van der Waals surface area contributed by atoms with E-state index < -0.39 is 5.56 Å². The van der Waals surface area contributed by atoms with Gasteiger partial charge in [0.15, 0.2) is 11.2 Å². The minimum absolute atomic E-state index is 0.00449. The zero-order valence-electron chi connectivity index (χ0n) is 7.02. The normalized spacial score (nSPS) is 10.6. The summed E-state index contributed by atoms with van der Waals surface area (Å²) in [6.07, 6.45) is 3.03. The van der Waals surface area contributed by atoms with Crippen molar-refractivity contribution in [2.75, 3.05) is 5.73 Å². The van der Waals surface area contributed by atoms with Gasteiger partial charge < -0.3 is 10.3 Å². The highest BCUT2D eigenvalue weighted by atomic mass is 16.1. The van der Waals surface area contributed by atoms with E-state index >= 15 is 0 Å². The SMILES string of the molecule is Nc1nc2c(ncn2C[C]=O)c(=O)[nH]1. The lowest BCUT2D eigenvalue weighted by molar-refractivity contribution is 0.546. The van der Waals surface area contributed by atoms with Gasteiger partial charge >= 0.3 is 0 Å². The molecule has 3 N–H and O–H groups in total. The van der Waals surface area contributed by atoms with Crippen LogP contribution in [0.1, 0.15) is 0 Å². The van der Waals surface area contributed by atoms with Gasteiger partial charge in [-0.25, -0.2) is 4.98 Å². The van der Waals surface area contributed by atoms with Crippen LogP contribution in [-0.2, 0) is 11.3 Å². The second kappa shape index (κ2) is 2.95. The van der Waals surface area contributed by atoms with E-state index in [1.54, 1.807) is 6.29 Å². The largest absolute Gasteiger partial charge is 0.369 e. The molecule has 0 saturated heterocycles. The molecule has 0 amide bonds. The van der Waals surface area contributed by atoms with Crippen LogP contribution < -0.4 is 11.3 Å². The zero-order valence-corrected chi connectivity index (χ0v) is 7.02. The van der Waals surface area contributed by atoms with E-state index in [4.69, 9.17) is 5.73 Å². The molecule has 7 heteroatoms. The van der Waals surface area contributed by atoms with E-state index in [-0.39, 0.29) is 23.7 Å². The number of H-pyrrole nitrogens is 1. The van der Waals surface area contributed by atoms with E-state index in [0.717, 1.165) is 0 Å². The molecule has 2 aromatic rings. The maximum absolute atomic E-state index is 11.3. The van der Waals surface area contributed by atoms with Gasteiger partial charge in [-0.2, -0.15) is 4.98 Å². The van der Waals surface area contributed by atoms with Crippen molar-refractivity contribution in [3.05, 3.63) is 16.7 Å². The van der Waals surface area contributed by atoms with Crippen molar-refractivity contribution in [3.63, 3.8) is 0 Å². The Bertz CT molecular complexity index is 540. The van der Waals surface area contributed by atoms with Crippen molar-refractivity contribution >= 4 is 23.4 Å². The molecular formula is C7H6N5O2. The number of hydrogen-bond donors (Lipinski definition) is 2. The summed E-state index contributed by atoms with van der Waals surface area (Å²) in [7, 11) is 0. The fraction of sp³-hybridized carbons (Fsp3) is 0.143. The number of carbonyl (C=O) groups excluding carboxylic acids is 1. The number of fused-ring (bicyclic) bond motifs is 1. The summed E-state index contributed by atoms with van der Waals surface area (Å²) in [6, 6.07) is 0. The Morgan fingerprint density at radius 1 is 1.64 bits per heavy atom. The molecule has 0 spiro atoms. The lowest BCUT2D eigenvalue weighted by Crippen LogP contribution is -2.12. The Balaban J connectivity index is 2.78. The number of nitrogens with two attached hydrogens (primary N) is 1. The van der Waals surface area contributed by atoms with E-state index in [1.807, 2.05) is 0 Å². The molecule has 2 rings (SSSR count). The fourth-order valence-electron chi connectivity index (χ4n) is 1.16. The molecule has 0 unspecified atom stereocenters. The summed E-state index contributed by atoms with van der Waals surface area (Å²) < 4.78 is 1.40. The van der Waals surface area contributed by atoms with Gasteiger partial charge in [0.2, 0.25) is 12.2 Å². The van der Waals surface area contributed by atoms with Crippen LogP contribution in [0.4, 0.5) is 5.95 Å². The number of rotatable bonds is 2. The minimum atomic E-state index is -0.419. The molecule has 1 radical (unpaired) electrons. The highest BCUT2D eigenvalue weighted by Gasteiger charge is 2.08. The van der Waals surface area contributed by atoms with Gasteiger partial charge in [0.05, 0.1) is 12.9 Å². The van der Waals surface area contributed by atoms with Gasteiger partial charge in [-0.3, -0.25) is 14.6 Å². The van der Waals surface area contributed by atoms with Crippen molar-refractivity contribution in [2.45, 2.75) is 6.54 Å². The van der Waals surface area contributed by atoms with Crippen LogP contribution in [0, 0.1) is 0 Å². The monoisotopic (exact) mass is 192 g/mol. The fourth-order valence-corrected chi connectivity index (χ4v) is 1.16. The van der Waals surface area contributed by atoms with Crippen LogP contribution in [0.25, 0.3) is 11.2 Å². The summed E-state index contributed by atoms with van der Waals surface area (Å²) in [5.41, 5.74) is 5.37. The first-order valence-corrected chi connectivity index (χ1v) is 3.78. The number of nitrogens with zero attached hydrogens (tertiary/aromatic N) is 3. The first kappa shape index (κ1) is 8.42. The Hall–Kier alpha value is -2.18.